The summed E-state index contributed by atoms with van der Waals surface area (Å²) in [5.74, 6) is -0.189. The smallest absolute Gasteiger partial charge is 0.273 e. The number of ether oxygens (including phenoxy) is 1. The molecule has 1 amide bonds. The lowest BCUT2D eigenvalue weighted by molar-refractivity contribution is -0.114. The highest BCUT2D eigenvalue weighted by Gasteiger charge is 2.17. The first-order chi connectivity index (χ1) is 12.5. The standard InChI is InChI=1S/C17H24N4O5/c1-12(2)26-15(20-23-4)10-19-25-11-13-8-6-7-9-14(13)16(21-24-5)17(22)18-3/h6-10,12H,11H2,1-5H3,(H,18,22)/b19-10+,20-15+,21-16-. The van der Waals surface area contributed by atoms with Crippen molar-refractivity contribution in [3.05, 3.63) is 35.4 Å². The molecule has 0 spiro atoms. The fourth-order valence-corrected chi connectivity index (χ4v) is 1.90. The maximum atomic E-state index is 12.0. The highest BCUT2D eigenvalue weighted by atomic mass is 16.6. The van der Waals surface area contributed by atoms with Crippen molar-refractivity contribution in [2.45, 2.75) is 26.6 Å². The monoisotopic (exact) mass is 364 g/mol. The van der Waals surface area contributed by atoms with Crippen molar-refractivity contribution >= 4 is 23.7 Å². The number of hydrogen-bond acceptors (Lipinski definition) is 8. The average molecular weight is 364 g/mol. The van der Waals surface area contributed by atoms with Crippen LogP contribution in [0.2, 0.25) is 0 Å². The Morgan fingerprint density at radius 3 is 2.50 bits per heavy atom. The van der Waals surface area contributed by atoms with E-state index in [4.69, 9.17) is 14.4 Å². The number of rotatable bonds is 9. The van der Waals surface area contributed by atoms with E-state index in [1.807, 2.05) is 19.9 Å². The molecule has 1 rings (SSSR count). The van der Waals surface area contributed by atoms with Crippen LogP contribution < -0.4 is 5.32 Å². The Hall–Kier alpha value is -3.10. The van der Waals surface area contributed by atoms with Crippen molar-refractivity contribution in [1.29, 1.82) is 0 Å². The molecular weight excluding hydrogens is 340 g/mol. The van der Waals surface area contributed by atoms with Gasteiger partial charge in [0, 0.05) is 18.2 Å². The third kappa shape index (κ3) is 6.80. The van der Waals surface area contributed by atoms with Crippen LogP contribution in [-0.4, -0.2) is 51.1 Å². The number of amides is 1. The molecule has 0 aliphatic heterocycles. The van der Waals surface area contributed by atoms with Gasteiger partial charge in [0.2, 0.25) is 0 Å². The molecule has 0 atom stereocenters. The molecule has 0 bridgehead atoms. The van der Waals surface area contributed by atoms with Gasteiger partial charge in [0.05, 0.1) is 6.10 Å². The van der Waals surface area contributed by atoms with E-state index in [-0.39, 0.29) is 30.2 Å². The van der Waals surface area contributed by atoms with Gasteiger partial charge in [-0.25, -0.2) is 0 Å². The van der Waals surface area contributed by atoms with E-state index in [2.05, 4.69) is 25.6 Å². The van der Waals surface area contributed by atoms with Crippen LogP contribution >= 0.6 is 0 Å². The minimum absolute atomic E-state index is 0.0866. The van der Waals surface area contributed by atoms with E-state index in [0.717, 1.165) is 0 Å². The van der Waals surface area contributed by atoms with E-state index >= 15 is 0 Å². The van der Waals surface area contributed by atoms with Crippen LogP contribution in [0, 0.1) is 0 Å². The summed E-state index contributed by atoms with van der Waals surface area (Å²) in [5.41, 5.74) is 1.43. The van der Waals surface area contributed by atoms with Crippen LogP contribution in [-0.2, 0) is 30.7 Å². The van der Waals surface area contributed by atoms with Crippen molar-refractivity contribution < 1.29 is 24.0 Å². The van der Waals surface area contributed by atoms with Crippen LogP contribution in [0.5, 0.6) is 0 Å². The third-order valence-corrected chi connectivity index (χ3v) is 2.89. The zero-order valence-corrected chi connectivity index (χ0v) is 15.6. The van der Waals surface area contributed by atoms with Crippen molar-refractivity contribution in [3.63, 3.8) is 0 Å². The largest absolute Gasteiger partial charge is 0.472 e. The van der Waals surface area contributed by atoms with Gasteiger partial charge in [0.1, 0.15) is 27.0 Å². The predicted octanol–water partition coefficient (Wildman–Crippen LogP) is 1.67. The van der Waals surface area contributed by atoms with Gasteiger partial charge >= 0.3 is 0 Å². The molecule has 1 aromatic rings. The summed E-state index contributed by atoms with van der Waals surface area (Å²) in [6, 6.07) is 7.15. The predicted molar refractivity (Wildman–Crippen MR) is 98.0 cm³/mol. The van der Waals surface area contributed by atoms with Crippen LogP contribution in [0.25, 0.3) is 0 Å². The Balaban J connectivity index is 2.89. The Morgan fingerprint density at radius 1 is 1.19 bits per heavy atom. The van der Waals surface area contributed by atoms with E-state index in [0.29, 0.717) is 11.1 Å². The number of hydrogen-bond donors (Lipinski definition) is 1. The summed E-state index contributed by atoms with van der Waals surface area (Å²) >= 11 is 0. The van der Waals surface area contributed by atoms with E-state index in [1.165, 1.54) is 27.5 Å². The molecule has 9 nitrogen and oxygen atoms in total. The van der Waals surface area contributed by atoms with E-state index in [1.54, 1.807) is 18.2 Å². The SMILES string of the molecule is CNC(=O)/C(=N\OC)c1ccccc1CO/N=C/C(=N\OC)OC(C)C. The number of carbonyl (C=O) groups is 1. The first-order valence-electron chi connectivity index (χ1n) is 7.88. The molecule has 0 heterocycles. The first kappa shape index (κ1) is 20.9. The minimum Gasteiger partial charge on any atom is -0.472 e. The lowest BCUT2D eigenvalue weighted by Gasteiger charge is -2.10. The molecule has 26 heavy (non-hydrogen) atoms. The number of carbonyl (C=O) groups excluding carboxylic acids is 1. The fraction of sp³-hybridized carbons (Fsp3) is 0.412. The molecule has 142 valence electrons. The maximum absolute atomic E-state index is 12.0. The van der Waals surface area contributed by atoms with E-state index < -0.39 is 0 Å². The molecule has 1 N–H and O–H groups in total. The number of oxime groups is 3. The second kappa shape index (κ2) is 11.5. The van der Waals surface area contributed by atoms with Crippen LogP contribution in [0.15, 0.2) is 39.7 Å². The second-order valence-corrected chi connectivity index (χ2v) is 5.15. The second-order valence-electron chi connectivity index (χ2n) is 5.15. The summed E-state index contributed by atoms with van der Waals surface area (Å²) in [4.78, 5) is 26.7. The van der Waals surface area contributed by atoms with Crippen LogP contribution in [0.3, 0.4) is 0 Å². The summed E-state index contributed by atoms with van der Waals surface area (Å²) in [6.07, 6.45) is 1.21. The van der Waals surface area contributed by atoms with Crippen LogP contribution in [0.1, 0.15) is 25.0 Å². The highest BCUT2D eigenvalue weighted by Crippen LogP contribution is 2.12. The van der Waals surface area contributed by atoms with Gasteiger partial charge < -0.3 is 24.6 Å². The van der Waals surface area contributed by atoms with Gasteiger partial charge in [-0.05, 0) is 19.0 Å². The number of likely N-dealkylation sites (N-methyl/N-ethyl adjacent to an activating group) is 1. The number of nitrogens with zero attached hydrogens (tertiary/aromatic N) is 3. The summed E-state index contributed by atoms with van der Waals surface area (Å²) in [6.45, 7) is 3.81. The highest BCUT2D eigenvalue weighted by molar-refractivity contribution is 6.45. The van der Waals surface area contributed by atoms with Crippen molar-refractivity contribution in [3.8, 4) is 0 Å². The molecule has 0 saturated heterocycles. The molecule has 0 aliphatic rings. The Morgan fingerprint density at radius 2 is 1.88 bits per heavy atom. The molecule has 0 aliphatic carbocycles. The molecule has 0 radical (unpaired) electrons. The Kier molecular flexibility index (Phi) is 9.23. The molecule has 1 aromatic carbocycles. The number of benzene rings is 1. The third-order valence-electron chi connectivity index (χ3n) is 2.89. The van der Waals surface area contributed by atoms with Crippen molar-refractivity contribution in [2.24, 2.45) is 15.5 Å². The van der Waals surface area contributed by atoms with Crippen molar-refractivity contribution in [2.75, 3.05) is 21.3 Å². The Labute approximate surface area is 152 Å². The van der Waals surface area contributed by atoms with Gasteiger partial charge in [0.25, 0.3) is 11.8 Å². The summed E-state index contributed by atoms with van der Waals surface area (Å²) < 4.78 is 5.39. The zero-order chi connectivity index (χ0) is 19.4. The fourth-order valence-electron chi connectivity index (χ4n) is 1.90. The molecule has 0 fully saturated rings. The van der Waals surface area contributed by atoms with Gasteiger partial charge in [-0.2, -0.15) is 0 Å². The lowest BCUT2D eigenvalue weighted by atomic mass is 10.0. The molecule has 9 heteroatoms. The van der Waals surface area contributed by atoms with Crippen LogP contribution in [0.4, 0.5) is 0 Å². The molecule has 0 unspecified atom stereocenters. The first-order valence-corrected chi connectivity index (χ1v) is 7.88. The van der Waals surface area contributed by atoms with E-state index in [9.17, 15) is 4.79 Å². The van der Waals surface area contributed by atoms with Crippen molar-refractivity contribution in [1.82, 2.24) is 5.32 Å². The molecular formula is C17H24N4O5. The normalized spacial score (nSPS) is 12.2. The number of nitrogens with one attached hydrogen (secondary N) is 1. The Bertz CT molecular complexity index is 671. The van der Waals surface area contributed by atoms with Gasteiger partial charge in [-0.15, -0.1) is 0 Å². The zero-order valence-electron chi connectivity index (χ0n) is 15.6. The summed E-state index contributed by atoms with van der Waals surface area (Å²) in [5, 5.41) is 13.8. The molecule has 0 saturated carbocycles. The molecule has 0 aromatic heterocycles. The van der Waals surface area contributed by atoms with Gasteiger partial charge in [-0.1, -0.05) is 34.6 Å². The van der Waals surface area contributed by atoms with Gasteiger partial charge in [-0.3, -0.25) is 4.79 Å². The topological polar surface area (TPSA) is 103 Å². The minimum atomic E-state index is -0.373. The van der Waals surface area contributed by atoms with Gasteiger partial charge in [0.15, 0.2) is 5.71 Å². The lowest BCUT2D eigenvalue weighted by Crippen LogP contribution is -2.29. The average Bonchev–Trinajstić information content (AvgIpc) is 2.62. The summed E-state index contributed by atoms with van der Waals surface area (Å²) in [7, 11) is 4.30. The quantitative estimate of drug-likeness (QED) is 0.408. The maximum Gasteiger partial charge on any atom is 0.273 e.